The van der Waals surface area contributed by atoms with Crippen LogP contribution in [0.5, 0.6) is 0 Å². The summed E-state index contributed by atoms with van der Waals surface area (Å²) in [6.07, 6.45) is 3.92. The van der Waals surface area contributed by atoms with Gasteiger partial charge in [-0.25, -0.2) is 4.98 Å². The Balaban J connectivity index is 1.74. The van der Waals surface area contributed by atoms with Crippen LogP contribution in [-0.4, -0.2) is 14.4 Å². The molecular formula is C24H16N4. The third-order valence-electron chi connectivity index (χ3n) is 4.85. The molecule has 2 aromatic carbocycles. The molecule has 0 saturated carbocycles. The van der Waals surface area contributed by atoms with Gasteiger partial charge in [-0.3, -0.25) is 0 Å². The number of hydrogen-bond acceptors (Lipinski definition) is 2. The number of aromatic nitrogens is 3. The Morgan fingerprint density at radius 2 is 1.75 bits per heavy atom. The van der Waals surface area contributed by atoms with Crippen LogP contribution in [0.15, 0.2) is 85.1 Å². The van der Waals surface area contributed by atoms with Crippen molar-refractivity contribution in [2.75, 3.05) is 0 Å². The monoisotopic (exact) mass is 360 g/mol. The van der Waals surface area contributed by atoms with Gasteiger partial charge in [-0.15, -0.1) is 0 Å². The standard InChI is InChI=1S/C24H16N4/c25-16-18(24-26-21-11-4-5-12-22(21)27-24)14-23-20(17-8-2-1-3-9-17)15-19-10-6-7-13-28(19)23/h1-15H,(H,26,27)/b18-14+. The van der Waals surface area contributed by atoms with Crippen molar-refractivity contribution in [2.24, 2.45) is 0 Å². The number of nitrogens with zero attached hydrogens (tertiary/aromatic N) is 3. The highest BCUT2D eigenvalue weighted by atomic mass is 14.9. The highest BCUT2D eigenvalue weighted by Crippen LogP contribution is 2.30. The van der Waals surface area contributed by atoms with Crippen molar-refractivity contribution in [3.05, 3.63) is 96.6 Å². The van der Waals surface area contributed by atoms with Crippen molar-refractivity contribution in [3.63, 3.8) is 0 Å². The highest BCUT2D eigenvalue weighted by Gasteiger charge is 2.13. The molecule has 0 aliphatic heterocycles. The largest absolute Gasteiger partial charge is 0.337 e. The molecule has 0 bridgehead atoms. The first-order chi connectivity index (χ1) is 13.8. The van der Waals surface area contributed by atoms with E-state index in [0.717, 1.165) is 33.4 Å². The van der Waals surface area contributed by atoms with E-state index in [1.165, 1.54) is 0 Å². The number of fused-ring (bicyclic) bond motifs is 2. The first-order valence-corrected chi connectivity index (χ1v) is 9.06. The number of H-pyrrole nitrogens is 1. The number of hydrogen-bond donors (Lipinski definition) is 1. The van der Waals surface area contributed by atoms with Gasteiger partial charge in [-0.1, -0.05) is 48.5 Å². The van der Waals surface area contributed by atoms with Crippen LogP contribution in [0.1, 0.15) is 11.5 Å². The van der Waals surface area contributed by atoms with Gasteiger partial charge in [0.15, 0.2) is 0 Å². The molecule has 0 spiro atoms. The van der Waals surface area contributed by atoms with E-state index < -0.39 is 0 Å². The maximum Gasteiger partial charge on any atom is 0.149 e. The Labute approximate surface area is 162 Å². The molecule has 0 aliphatic rings. The second-order valence-corrected chi connectivity index (χ2v) is 6.58. The fourth-order valence-corrected chi connectivity index (χ4v) is 3.51. The normalized spacial score (nSPS) is 11.8. The van der Waals surface area contributed by atoms with Gasteiger partial charge in [-0.2, -0.15) is 5.26 Å². The van der Waals surface area contributed by atoms with Crippen LogP contribution >= 0.6 is 0 Å². The average Bonchev–Trinajstić information content (AvgIpc) is 3.34. The molecule has 132 valence electrons. The highest BCUT2D eigenvalue weighted by molar-refractivity contribution is 5.94. The van der Waals surface area contributed by atoms with Gasteiger partial charge in [0.05, 0.1) is 22.3 Å². The third-order valence-corrected chi connectivity index (χ3v) is 4.85. The number of nitrogens with one attached hydrogen (secondary N) is 1. The van der Waals surface area contributed by atoms with Crippen LogP contribution in [-0.2, 0) is 0 Å². The summed E-state index contributed by atoms with van der Waals surface area (Å²) in [5.74, 6) is 0.577. The molecule has 3 heterocycles. The minimum atomic E-state index is 0.497. The second kappa shape index (κ2) is 6.57. The van der Waals surface area contributed by atoms with Gasteiger partial charge >= 0.3 is 0 Å². The van der Waals surface area contributed by atoms with E-state index in [9.17, 15) is 5.26 Å². The van der Waals surface area contributed by atoms with E-state index in [0.29, 0.717) is 11.4 Å². The van der Waals surface area contributed by atoms with Gasteiger partial charge < -0.3 is 9.38 Å². The van der Waals surface area contributed by atoms with Crippen molar-refractivity contribution >= 4 is 28.2 Å². The zero-order valence-corrected chi connectivity index (χ0v) is 15.0. The number of pyridine rings is 1. The lowest BCUT2D eigenvalue weighted by Gasteiger charge is -2.04. The molecule has 0 fully saturated rings. The fraction of sp³-hybridized carbons (Fsp3) is 0. The molecule has 4 nitrogen and oxygen atoms in total. The molecule has 0 saturated heterocycles. The van der Waals surface area contributed by atoms with E-state index >= 15 is 0 Å². The third kappa shape index (κ3) is 2.67. The van der Waals surface area contributed by atoms with Crippen LogP contribution in [0.2, 0.25) is 0 Å². The van der Waals surface area contributed by atoms with Crippen molar-refractivity contribution < 1.29 is 0 Å². The number of aromatic amines is 1. The smallest absolute Gasteiger partial charge is 0.149 e. The molecular weight excluding hydrogens is 344 g/mol. The lowest BCUT2D eigenvalue weighted by Crippen LogP contribution is -1.91. The zero-order valence-electron chi connectivity index (χ0n) is 15.0. The number of rotatable bonds is 3. The Kier molecular flexibility index (Phi) is 3.78. The number of allylic oxidation sites excluding steroid dienone is 1. The molecule has 5 rings (SSSR count). The Bertz CT molecular complexity index is 1330. The Hall–Kier alpha value is -4.10. The Morgan fingerprint density at radius 3 is 2.57 bits per heavy atom. The maximum absolute atomic E-state index is 9.85. The minimum Gasteiger partial charge on any atom is -0.337 e. The minimum absolute atomic E-state index is 0.497. The fourth-order valence-electron chi connectivity index (χ4n) is 3.51. The van der Waals surface area contributed by atoms with Crippen molar-refractivity contribution in [1.82, 2.24) is 14.4 Å². The number of nitriles is 1. The number of para-hydroxylation sites is 2. The zero-order chi connectivity index (χ0) is 18.9. The molecule has 5 aromatic rings. The number of imidazole rings is 1. The molecule has 28 heavy (non-hydrogen) atoms. The summed E-state index contributed by atoms with van der Waals surface area (Å²) in [5, 5.41) is 9.85. The van der Waals surface area contributed by atoms with E-state index in [1.807, 2.05) is 66.9 Å². The topological polar surface area (TPSA) is 56.9 Å². The summed E-state index contributed by atoms with van der Waals surface area (Å²) in [4.78, 5) is 7.85. The van der Waals surface area contributed by atoms with Gasteiger partial charge in [0.1, 0.15) is 11.9 Å². The van der Waals surface area contributed by atoms with Crippen molar-refractivity contribution in [1.29, 1.82) is 5.26 Å². The van der Waals surface area contributed by atoms with E-state index in [-0.39, 0.29) is 0 Å². The molecule has 0 amide bonds. The predicted molar refractivity (Wildman–Crippen MR) is 112 cm³/mol. The molecule has 0 radical (unpaired) electrons. The SMILES string of the molecule is N#C/C(=C\c1c(-c2ccccc2)cc2ccccn12)c1nc2ccccc2[nH]1. The lowest BCUT2D eigenvalue weighted by molar-refractivity contribution is 1.18. The summed E-state index contributed by atoms with van der Waals surface area (Å²) in [6, 6.07) is 28.5. The van der Waals surface area contributed by atoms with Gasteiger partial charge in [0.2, 0.25) is 0 Å². The molecule has 0 aliphatic carbocycles. The van der Waals surface area contributed by atoms with Gasteiger partial charge in [-0.05, 0) is 42.0 Å². The van der Waals surface area contributed by atoms with Crippen LogP contribution in [0, 0.1) is 11.3 Å². The van der Waals surface area contributed by atoms with E-state index in [2.05, 4.69) is 44.7 Å². The Morgan fingerprint density at radius 1 is 0.964 bits per heavy atom. The molecule has 1 N–H and O–H groups in total. The summed E-state index contributed by atoms with van der Waals surface area (Å²) < 4.78 is 2.10. The van der Waals surface area contributed by atoms with Gasteiger partial charge in [0.25, 0.3) is 0 Å². The molecule has 0 unspecified atom stereocenters. The van der Waals surface area contributed by atoms with E-state index in [4.69, 9.17) is 0 Å². The summed E-state index contributed by atoms with van der Waals surface area (Å²) in [5.41, 5.74) is 6.49. The van der Waals surface area contributed by atoms with Crippen LogP contribution < -0.4 is 0 Å². The summed E-state index contributed by atoms with van der Waals surface area (Å²) in [7, 11) is 0. The number of benzene rings is 2. The van der Waals surface area contributed by atoms with Crippen LogP contribution in [0.25, 0.3) is 39.3 Å². The summed E-state index contributed by atoms with van der Waals surface area (Å²) >= 11 is 0. The average molecular weight is 360 g/mol. The van der Waals surface area contributed by atoms with Crippen LogP contribution in [0.4, 0.5) is 0 Å². The first kappa shape index (κ1) is 16.1. The van der Waals surface area contributed by atoms with Gasteiger partial charge in [0, 0.05) is 17.3 Å². The lowest BCUT2D eigenvalue weighted by atomic mass is 10.0. The predicted octanol–water partition coefficient (Wildman–Crippen LogP) is 5.55. The first-order valence-electron chi connectivity index (χ1n) is 9.06. The van der Waals surface area contributed by atoms with Crippen LogP contribution in [0.3, 0.4) is 0 Å². The maximum atomic E-state index is 9.85. The summed E-state index contributed by atoms with van der Waals surface area (Å²) in [6.45, 7) is 0. The van der Waals surface area contributed by atoms with E-state index in [1.54, 1.807) is 0 Å². The quantitative estimate of drug-likeness (QED) is 0.429. The molecule has 4 heteroatoms. The van der Waals surface area contributed by atoms with Crippen molar-refractivity contribution in [3.8, 4) is 17.2 Å². The molecule has 3 aromatic heterocycles. The second-order valence-electron chi connectivity index (χ2n) is 6.58. The molecule has 0 atom stereocenters. The van der Waals surface area contributed by atoms with Crippen molar-refractivity contribution in [2.45, 2.75) is 0 Å².